The van der Waals surface area contributed by atoms with Gasteiger partial charge in [-0.25, -0.2) is 15.0 Å². The van der Waals surface area contributed by atoms with Gasteiger partial charge >= 0.3 is 0 Å². The molecule has 2 aromatic heterocycles. The van der Waals surface area contributed by atoms with E-state index >= 15 is 0 Å². The lowest BCUT2D eigenvalue weighted by atomic mass is 10.1. The number of rotatable bonds is 4. The number of anilines is 1. The fourth-order valence-corrected chi connectivity index (χ4v) is 3.14. The number of fused-ring (bicyclic) bond motifs is 2. The van der Waals surface area contributed by atoms with Gasteiger partial charge in [-0.1, -0.05) is 12.1 Å². The number of benzene rings is 1. The van der Waals surface area contributed by atoms with Gasteiger partial charge in [0.1, 0.15) is 17.6 Å². The molecule has 116 valence electrons. The smallest absolute Gasteiger partial charge is 0.165 e. The molecular weight excluding hydrogens is 290 g/mol. The molecule has 0 bridgehead atoms. The van der Waals surface area contributed by atoms with Crippen LogP contribution in [-0.2, 0) is 13.0 Å². The predicted molar refractivity (Wildman–Crippen MR) is 86.6 cm³/mol. The van der Waals surface area contributed by atoms with Crippen molar-refractivity contribution in [1.82, 2.24) is 19.5 Å². The third-order valence-corrected chi connectivity index (χ3v) is 4.51. The minimum atomic E-state index is 0.569. The van der Waals surface area contributed by atoms with E-state index in [0.29, 0.717) is 6.04 Å². The van der Waals surface area contributed by atoms with Gasteiger partial charge in [-0.2, -0.15) is 0 Å². The lowest BCUT2D eigenvalue weighted by Gasteiger charge is -2.08. The first-order valence-electron chi connectivity index (χ1n) is 8.04. The SMILES string of the molecule is c1nc(NCc2ccc3c(c2)CCO3)c2ncn(C3CC3)c2n1. The van der Waals surface area contributed by atoms with Crippen LogP contribution in [0.3, 0.4) is 0 Å². The van der Waals surface area contributed by atoms with Gasteiger partial charge in [-0.05, 0) is 30.0 Å². The van der Waals surface area contributed by atoms with Crippen molar-refractivity contribution in [3.05, 3.63) is 42.0 Å². The molecular formula is C17H17N5O. The van der Waals surface area contributed by atoms with Crippen LogP contribution in [0.2, 0.25) is 0 Å². The largest absolute Gasteiger partial charge is 0.493 e. The third kappa shape index (κ3) is 2.21. The Hall–Kier alpha value is -2.63. The Morgan fingerprint density at radius 1 is 1.22 bits per heavy atom. The fraction of sp³-hybridized carbons (Fsp3) is 0.353. The summed E-state index contributed by atoms with van der Waals surface area (Å²) in [6.45, 7) is 1.51. The highest BCUT2D eigenvalue weighted by Gasteiger charge is 2.26. The fourth-order valence-electron chi connectivity index (χ4n) is 3.14. The zero-order valence-electron chi connectivity index (χ0n) is 12.7. The topological polar surface area (TPSA) is 64.9 Å². The highest BCUT2D eigenvalue weighted by atomic mass is 16.5. The molecule has 3 aromatic rings. The maximum atomic E-state index is 5.55. The summed E-state index contributed by atoms with van der Waals surface area (Å²) in [4.78, 5) is 13.3. The first-order valence-corrected chi connectivity index (χ1v) is 8.04. The highest BCUT2D eigenvalue weighted by Crippen LogP contribution is 2.37. The second-order valence-corrected chi connectivity index (χ2v) is 6.17. The molecule has 0 spiro atoms. The number of imidazole rings is 1. The molecule has 1 saturated carbocycles. The van der Waals surface area contributed by atoms with Crippen LogP contribution >= 0.6 is 0 Å². The van der Waals surface area contributed by atoms with E-state index in [2.05, 4.69) is 43.0 Å². The average Bonchev–Trinajstić information content (AvgIpc) is 3.16. The van der Waals surface area contributed by atoms with Crippen molar-refractivity contribution in [2.75, 3.05) is 11.9 Å². The van der Waals surface area contributed by atoms with Crippen molar-refractivity contribution in [3.8, 4) is 5.75 Å². The molecule has 3 heterocycles. The molecule has 2 aliphatic rings. The molecule has 6 heteroatoms. The maximum absolute atomic E-state index is 5.55. The van der Waals surface area contributed by atoms with Crippen LogP contribution in [0.5, 0.6) is 5.75 Å². The van der Waals surface area contributed by atoms with E-state index in [4.69, 9.17) is 4.74 Å². The summed E-state index contributed by atoms with van der Waals surface area (Å²) in [7, 11) is 0. The summed E-state index contributed by atoms with van der Waals surface area (Å²) in [5.41, 5.74) is 4.29. The summed E-state index contributed by atoms with van der Waals surface area (Å²) < 4.78 is 7.71. The summed E-state index contributed by atoms with van der Waals surface area (Å²) in [6.07, 6.45) is 6.92. The van der Waals surface area contributed by atoms with E-state index in [1.54, 1.807) is 6.33 Å². The Morgan fingerprint density at radius 3 is 3.09 bits per heavy atom. The third-order valence-electron chi connectivity index (χ3n) is 4.51. The summed E-state index contributed by atoms with van der Waals surface area (Å²) in [5, 5.41) is 3.40. The van der Waals surface area contributed by atoms with Crippen LogP contribution in [0, 0.1) is 0 Å². The van der Waals surface area contributed by atoms with E-state index in [9.17, 15) is 0 Å². The molecule has 1 N–H and O–H groups in total. The Balaban J connectivity index is 1.41. The first kappa shape index (κ1) is 12.9. The molecule has 0 saturated heterocycles. The van der Waals surface area contributed by atoms with Crippen LogP contribution in [0.1, 0.15) is 30.0 Å². The Kier molecular flexibility index (Phi) is 2.76. The highest BCUT2D eigenvalue weighted by molar-refractivity contribution is 5.82. The first-order chi connectivity index (χ1) is 11.4. The minimum absolute atomic E-state index is 0.569. The molecule has 1 aliphatic heterocycles. The van der Waals surface area contributed by atoms with Gasteiger partial charge in [-0.15, -0.1) is 0 Å². The summed E-state index contributed by atoms with van der Waals surface area (Å²) in [6, 6.07) is 6.92. The monoisotopic (exact) mass is 307 g/mol. The van der Waals surface area contributed by atoms with Crippen molar-refractivity contribution in [2.45, 2.75) is 31.8 Å². The van der Waals surface area contributed by atoms with Crippen LogP contribution in [0.25, 0.3) is 11.2 Å². The molecule has 0 amide bonds. The van der Waals surface area contributed by atoms with Gasteiger partial charge in [0.2, 0.25) is 0 Å². The van der Waals surface area contributed by atoms with Crippen molar-refractivity contribution in [1.29, 1.82) is 0 Å². The lowest BCUT2D eigenvalue weighted by molar-refractivity contribution is 0.357. The number of nitrogens with zero attached hydrogens (tertiary/aromatic N) is 4. The predicted octanol–water partition coefficient (Wildman–Crippen LogP) is 2.71. The maximum Gasteiger partial charge on any atom is 0.165 e. The number of aromatic nitrogens is 4. The molecule has 0 atom stereocenters. The van der Waals surface area contributed by atoms with Crippen LogP contribution < -0.4 is 10.1 Å². The van der Waals surface area contributed by atoms with Gasteiger partial charge < -0.3 is 14.6 Å². The Bertz CT molecular complexity index is 884. The van der Waals surface area contributed by atoms with E-state index < -0.39 is 0 Å². The van der Waals surface area contributed by atoms with Crippen LogP contribution in [0.4, 0.5) is 5.82 Å². The Morgan fingerprint density at radius 2 is 2.17 bits per heavy atom. The molecule has 1 aliphatic carbocycles. The quantitative estimate of drug-likeness (QED) is 0.803. The molecule has 1 fully saturated rings. The normalized spacial score (nSPS) is 16.3. The summed E-state index contributed by atoms with van der Waals surface area (Å²) >= 11 is 0. The number of ether oxygens (including phenoxy) is 1. The number of hydrogen-bond acceptors (Lipinski definition) is 5. The van der Waals surface area contributed by atoms with Gasteiger partial charge in [0, 0.05) is 19.0 Å². The van der Waals surface area contributed by atoms with E-state index in [1.807, 2.05) is 6.33 Å². The van der Waals surface area contributed by atoms with Crippen molar-refractivity contribution in [2.24, 2.45) is 0 Å². The summed E-state index contributed by atoms with van der Waals surface area (Å²) in [5.74, 6) is 1.81. The van der Waals surface area contributed by atoms with E-state index in [1.165, 1.54) is 24.0 Å². The molecule has 1 aromatic carbocycles. The average molecular weight is 307 g/mol. The molecule has 0 radical (unpaired) electrons. The zero-order chi connectivity index (χ0) is 15.2. The van der Waals surface area contributed by atoms with Gasteiger partial charge in [-0.3, -0.25) is 0 Å². The van der Waals surface area contributed by atoms with Gasteiger partial charge in [0.05, 0.1) is 12.9 Å². The van der Waals surface area contributed by atoms with Crippen LogP contribution in [0.15, 0.2) is 30.9 Å². The second kappa shape index (κ2) is 4.94. The van der Waals surface area contributed by atoms with Crippen molar-refractivity contribution in [3.63, 3.8) is 0 Å². The number of hydrogen-bond donors (Lipinski definition) is 1. The van der Waals surface area contributed by atoms with Gasteiger partial charge in [0.15, 0.2) is 11.5 Å². The Labute approximate surface area is 133 Å². The van der Waals surface area contributed by atoms with Crippen molar-refractivity contribution < 1.29 is 4.74 Å². The molecule has 23 heavy (non-hydrogen) atoms. The van der Waals surface area contributed by atoms with Gasteiger partial charge in [0.25, 0.3) is 0 Å². The zero-order valence-corrected chi connectivity index (χ0v) is 12.7. The second-order valence-electron chi connectivity index (χ2n) is 6.17. The standard InChI is InChI=1S/C17H17N5O/c1-4-14-12(5-6-23-14)7-11(1)8-18-16-15-17(20-9-19-16)22(10-21-15)13-2-3-13/h1,4,7,9-10,13H,2-3,5-6,8H2,(H,18,19,20). The van der Waals surface area contributed by atoms with E-state index in [-0.39, 0.29) is 0 Å². The van der Waals surface area contributed by atoms with E-state index in [0.717, 1.165) is 42.3 Å². The molecule has 0 unspecified atom stereocenters. The van der Waals surface area contributed by atoms with Crippen LogP contribution in [-0.4, -0.2) is 26.1 Å². The lowest BCUT2D eigenvalue weighted by Crippen LogP contribution is -2.03. The molecule has 5 rings (SSSR count). The molecule has 6 nitrogen and oxygen atoms in total. The number of nitrogens with one attached hydrogen (secondary N) is 1. The van der Waals surface area contributed by atoms with Crippen molar-refractivity contribution >= 4 is 17.0 Å². The minimum Gasteiger partial charge on any atom is -0.493 e.